The van der Waals surface area contributed by atoms with Gasteiger partial charge in [-0.2, -0.15) is 0 Å². The third-order valence-corrected chi connectivity index (χ3v) is 5.78. The zero-order valence-electron chi connectivity index (χ0n) is 18.8. The summed E-state index contributed by atoms with van der Waals surface area (Å²) in [6.45, 7) is 4.26. The van der Waals surface area contributed by atoms with Crippen molar-refractivity contribution >= 4 is 0 Å². The van der Waals surface area contributed by atoms with E-state index >= 15 is 0 Å². The van der Waals surface area contributed by atoms with E-state index in [0.717, 1.165) is 16.7 Å². The van der Waals surface area contributed by atoms with Crippen LogP contribution >= 0.6 is 0 Å². The van der Waals surface area contributed by atoms with E-state index in [1.165, 1.54) is 0 Å². The lowest BCUT2D eigenvalue weighted by Crippen LogP contribution is -2.45. The molecule has 4 rings (SSSR count). The van der Waals surface area contributed by atoms with Crippen LogP contribution in [0.1, 0.15) is 30.5 Å². The normalized spacial score (nSPS) is 21.8. The first-order valence-corrected chi connectivity index (χ1v) is 11.3. The predicted molar refractivity (Wildman–Crippen MR) is 125 cm³/mol. The molecular formula is C28H32O4. The Labute approximate surface area is 190 Å². The van der Waals surface area contributed by atoms with E-state index in [0.29, 0.717) is 19.4 Å². The van der Waals surface area contributed by atoms with Gasteiger partial charge in [0.15, 0.2) is 5.79 Å². The summed E-state index contributed by atoms with van der Waals surface area (Å²) in [5, 5.41) is 11.1. The molecule has 0 radical (unpaired) electrons. The number of hydrogen-bond acceptors (Lipinski definition) is 4. The van der Waals surface area contributed by atoms with Crippen LogP contribution in [0.4, 0.5) is 0 Å². The van der Waals surface area contributed by atoms with Crippen molar-refractivity contribution in [2.45, 2.75) is 63.5 Å². The summed E-state index contributed by atoms with van der Waals surface area (Å²) >= 11 is 0. The first-order valence-electron chi connectivity index (χ1n) is 11.3. The molecule has 1 saturated heterocycles. The molecule has 0 aliphatic carbocycles. The second kappa shape index (κ2) is 10.4. The highest BCUT2D eigenvalue weighted by Crippen LogP contribution is 2.35. The average Bonchev–Trinajstić information content (AvgIpc) is 3.14. The van der Waals surface area contributed by atoms with Gasteiger partial charge in [-0.25, -0.2) is 0 Å². The number of benzene rings is 3. The Bertz CT molecular complexity index is 943. The van der Waals surface area contributed by atoms with Crippen molar-refractivity contribution in [2.75, 3.05) is 0 Å². The molecular weight excluding hydrogens is 400 g/mol. The molecule has 0 bridgehead atoms. The summed E-state index contributed by atoms with van der Waals surface area (Å²) in [6.07, 6.45) is -0.690. The van der Waals surface area contributed by atoms with E-state index < -0.39 is 24.1 Å². The van der Waals surface area contributed by atoms with Crippen LogP contribution in [-0.4, -0.2) is 35.3 Å². The molecule has 0 unspecified atom stereocenters. The fraction of sp³-hybridized carbons (Fsp3) is 0.357. The standard InChI is InChI=1S/C28H32O4/c1-28(2)31-26(24(29)18-21-12-6-3-7-13-21)27(32-28)25(19-22-14-8-4-9-15-22)30-20-23-16-10-5-11-17-23/h3-17,24-27,29H,18-20H2,1-2H3/t24-,25-,26-,27-/m1/s1. The van der Waals surface area contributed by atoms with Gasteiger partial charge in [0.2, 0.25) is 0 Å². The lowest BCUT2D eigenvalue weighted by Gasteiger charge is -2.29. The number of ether oxygens (including phenoxy) is 3. The Kier molecular flexibility index (Phi) is 7.38. The van der Waals surface area contributed by atoms with Crippen LogP contribution in [0, 0.1) is 0 Å². The van der Waals surface area contributed by atoms with Gasteiger partial charge in [0.25, 0.3) is 0 Å². The van der Waals surface area contributed by atoms with E-state index in [1.807, 2.05) is 80.6 Å². The lowest BCUT2D eigenvalue weighted by molar-refractivity contribution is -0.164. The van der Waals surface area contributed by atoms with Crippen LogP contribution in [0.3, 0.4) is 0 Å². The molecule has 32 heavy (non-hydrogen) atoms. The second-order valence-corrected chi connectivity index (χ2v) is 8.85. The summed E-state index contributed by atoms with van der Waals surface area (Å²) in [5.74, 6) is -0.794. The summed E-state index contributed by atoms with van der Waals surface area (Å²) in [6, 6.07) is 30.4. The van der Waals surface area contributed by atoms with Crippen molar-refractivity contribution in [3.63, 3.8) is 0 Å². The minimum Gasteiger partial charge on any atom is -0.390 e. The maximum absolute atomic E-state index is 11.1. The second-order valence-electron chi connectivity index (χ2n) is 8.85. The summed E-state index contributed by atoms with van der Waals surface area (Å²) in [4.78, 5) is 0. The quantitative estimate of drug-likeness (QED) is 0.520. The van der Waals surface area contributed by atoms with Gasteiger partial charge in [0.1, 0.15) is 12.2 Å². The van der Waals surface area contributed by atoms with E-state index in [1.54, 1.807) is 0 Å². The fourth-order valence-electron chi connectivity index (χ4n) is 4.27. The van der Waals surface area contributed by atoms with Gasteiger partial charge in [0, 0.05) is 12.8 Å². The maximum atomic E-state index is 11.1. The zero-order valence-corrected chi connectivity index (χ0v) is 18.8. The number of aliphatic hydroxyl groups is 1. The van der Waals surface area contributed by atoms with Crippen molar-refractivity contribution in [1.29, 1.82) is 0 Å². The number of rotatable bonds is 9. The maximum Gasteiger partial charge on any atom is 0.164 e. The molecule has 1 N–H and O–H groups in total. The third-order valence-electron chi connectivity index (χ3n) is 5.78. The van der Waals surface area contributed by atoms with Gasteiger partial charge >= 0.3 is 0 Å². The van der Waals surface area contributed by atoms with Crippen molar-refractivity contribution in [3.05, 3.63) is 108 Å². The molecule has 1 aliphatic rings. The molecule has 1 fully saturated rings. The van der Waals surface area contributed by atoms with Gasteiger partial charge in [-0.1, -0.05) is 91.0 Å². The van der Waals surface area contributed by atoms with Gasteiger partial charge in [-0.15, -0.1) is 0 Å². The summed E-state index contributed by atoms with van der Waals surface area (Å²) < 4.78 is 19.0. The SMILES string of the molecule is CC1(C)O[C@H]([C@H](O)Cc2ccccc2)[C@@H]([C@@H](Cc2ccccc2)OCc2ccccc2)O1. The molecule has 0 saturated carbocycles. The van der Waals surface area contributed by atoms with E-state index in [2.05, 4.69) is 24.3 Å². The van der Waals surface area contributed by atoms with Crippen molar-refractivity contribution < 1.29 is 19.3 Å². The lowest BCUT2D eigenvalue weighted by atomic mass is 9.94. The summed E-state index contributed by atoms with van der Waals surface area (Å²) in [5.41, 5.74) is 3.33. The van der Waals surface area contributed by atoms with Crippen LogP contribution in [0.5, 0.6) is 0 Å². The molecule has 0 amide bonds. The van der Waals surface area contributed by atoms with Gasteiger partial charge < -0.3 is 19.3 Å². The van der Waals surface area contributed by atoms with Crippen LogP contribution in [0.15, 0.2) is 91.0 Å². The first-order chi connectivity index (χ1) is 15.5. The third kappa shape index (κ3) is 6.05. The molecule has 4 heteroatoms. The average molecular weight is 433 g/mol. The molecule has 3 aromatic rings. The predicted octanol–water partition coefficient (Wildman–Crippen LogP) is 4.94. The van der Waals surface area contributed by atoms with Crippen molar-refractivity contribution in [1.82, 2.24) is 0 Å². The molecule has 3 aromatic carbocycles. The fourth-order valence-corrected chi connectivity index (χ4v) is 4.27. The monoisotopic (exact) mass is 432 g/mol. The molecule has 168 valence electrons. The van der Waals surface area contributed by atoms with Gasteiger partial charge in [0.05, 0.1) is 18.8 Å². The van der Waals surface area contributed by atoms with Crippen LogP contribution in [-0.2, 0) is 33.7 Å². The highest BCUT2D eigenvalue weighted by Gasteiger charge is 2.48. The Morgan fingerprint density at radius 1 is 0.719 bits per heavy atom. The molecule has 1 heterocycles. The van der Waals surface area contributed by atoms with Crippen LogP contribution < -0.4 is 0 Å². The smallest absolute Gasteiger partial charge is 0.164 e. The Morgan fingerprint density at radius 2 is 1.19 bits per heavy atom. The van der Waals surface area contributed by atoms with E-state index in [4.69, 9.17) is 14.2 Å². The highest BCUT2D eigenvalue weighted by molar-refractivity contribution is 5.18. The largest absolute Gasteiger partial charge is 0.390 e. The van der Waals surface area contributed by atoms with Crippen molar-refractivity contribution in [2.24, 2.45) is 0 Å². The Hall–Kier alpha value is -2.50. The Morgan fingerprint density at radius 3 is 1.75 bits per heavy atom. The van der Waals surface area contributed by atoms with Gasteiger partial charge in [-0.3, -0.25) is 0 Å². The zero-order chi connectivity index (χ0) is 22.4. The van der Waals surface area contributed by atoms with E-state index in [-0.39, 0.29) is 6.10 Å². The Balaban J connectivity index is 1.55. The first kappa shape index (κ1) is 22.7. The molecule has 0 spiro atoms. The van der Waals surface area contributed by atoms with Crippen LogP contribution in [0.25, 0.3) is 0 Å². The highest BCUT2D eigenvalue weighted by atomic mass is 16.8. The minimum atomic E-state index is -0.794. The number of hydrogen-bond donors (Lipinski definition) is 1. The van der Waals surface area contributed by atoms with Gasteiger partial charge in [-0.05, 0) is 30.5 Å². The summed E-state index contributed by atoms with van der Waals surface area (Å²) in [7, 11) is 0. The molecule has 0 aromatic heterocycles. The topological polar surface area (TPSA) is 47.9 Å². The molecule has 1 aliphatic heterocycles. The van der Waals surface area contributed by atoms with Crippen LogP contribution in [0.2, 0.25) is 0 Å². The molecule has 4 nitrogen and oxygen atoms in total. The number of aliphatic hydroxyl groups excluding tert-OH is 1. The van der Waals surface area contributed by atoms with E-state index in [9.17, 15) is 5.11 Å². The van der Waals surface area contributed by atoms with Crippen molar-refractivity contribution in [3.8, 4) is 0 Å². The minimum absolute atomic E-state index is 0.269. The molecule has 4 atom stereocenters.